The Morgan fingerprint density at radius 1 is 1.62 bits per heavy atom. The first-order valence-corrected chi connectivity index (χ1v) is 6.20. The monoisotopic (exact) mass is 228 g/mol. The average Bonchev–Trinajstić information content (AvgIpc) is 2.71. The highest BCUT2D eigenvalue weighted by Gasteiger charge is 2.23. The number of hydrogen-bond acceptors (Lipinski definition) is 3. The highest BCUT2D eigenvalue weighted by Crippen LogP contribution is 2.12. The lowest BCUT2D eigenvalue weighted by Crippen LogP contribution is -2.43. The number of carbonyl (C=O) groups excluding carboxylic acids is 1. The van der Waals surface area contributed by atoms with Crippen molar-refractivity contribution in [2.75, 3.05) is 26.8 Å². The molecule has 0 spiro atoms. The van der Waals surface area contributed by atoms with Crippen molar-refractivity contribution >= 4 is 5.91 Å². The predicted molar refractivity (Wildman–Crippen MR) is 64.4 cm³/mol. The zero-order valence-corrected chi connectivity index (χ0v) is 10.7. The third-order valence-electron chi connectivity index (χ3n) is 3.18. The van der Waals surface area contributed by atoms with Gasteiger partial charge in [-0.2, -0.15) is 0 Å². The summed E-state index contributed by atoms with van der Waals surface area (Å²) in [6.07, 6.45) is 2.95. The van der Waals surface area contributed by atoms with E-state index in [2.05, 4.69) is 5.32 Å². The van der Waals surface area contributed by atoms with Crippen LogP contribution in [0.25, 0.3) is 0 Å². The zero-order chi connectivity index (χ0) is 12.0. The van der Waals surface area contributed by atoms with Crippen molar-refractivity contribution in [3.8, 4) is 0 Å². The molecule has 0 aromatic heterocycles. The summed E-state index contributed by atoms with van der Waals surface area (Å²) in [6, 6.07) is 0.556. The SMILES string of the molecule is CCN(C(=O)CC1CCCN1)C(C)COC. The minimum Gasteiger partial charge on any atom is -0.383 e. The molecule has 0 aromatic carbocycles. The summed E-state index contributed by atoms with van der Waals surface area (Å²) in [5.74, 6) is 0.242. The van der Waals surface area contributed by atoms with E-state index in [4.69, 9.17) is 4.74 Å². The smallest absolute Gasteiger partial charge is 0.224 e. The van der Waals surface area contributed by atoms with Crippen molar-refractivity contribution in [1.82, 2.24) is 10.2 Å². The molecule has 0 bridgehead atoms. The van der Waals surface area contributed by atoms with Crippen molar-refractivity contribution < 1.29 is 9.53 Å². The van der Waals surface area contributed by atoms with Gasteiger partial charge in [-0.3, -0.25) is 4.79 Å². The van der Waals surface area contributed by atoms with E-state index in [-0.39, 0.29) is 11.9 Å². The Kier molecular flexibility index (Phi) is 5.77. The van der Waals surface area contributed by atoms with Crippen LogP contribution >= 0.6 is 0 Å². The highest BCUT2D eigenvalue weighted by atomic mass is 16.5. The summed E-state index contributed by atoms with van der Waals surface area (Å²) in [6.45, 7) is 6.48. The van der Waals surface area contributed by atoms with Gasteiger partial charge in [0.1, 0.15) is 0 Å². The van der Waals surface area contributed by atoms with Crippen LogP contribution in [0.5, 0.6) is 0 Å². The molecule has 0 saturated carbocycles. The zero-order valence-electron chi connectivity index (χ0n) is 10.7. The van der Waals surface area contributed by atoms with Crippen LogP contribution in [0.15, 0.2) is 0 Å². The van der Waals surface area contributed by atoms with Gasteiger partial charge in [-0.15, -0.1) is 0 Å². The summed E-state index contributed by atoms with van der Waals surface area (Å²) in [4.78, 5) is 14.0. The molecule has 1 aliphatic heterocycles. The molecule has 16 heavy (non-hydrogen) atoms. The number of amides is 1. The maximum absolute atomic E-state index is 12.1. The molecule has 0 radical (unpaired) electrons. The van der Waals surface area contributed by atoms with Crippen LogP contribution in [0.2, 0.25) is 0 Å². The van der Waals surface area contributed by atoms with Crippen LogP contribution in [0.1, 0.15) is 33.1 Å². The van der Waals surface area contributed by atoms with Crippen molar-refractivity contribution in [3.05, 3.63) is 0 Å². The van der Waals surface area contributed by atoms with E-state index in [9.17, 15) is 4.79 Å². The Bertz CT molecular complexity index is 215. The lowest BCUT2D eigenvalue weighted by Gasteiger charge is -2.28. The first-order chi connectivity index (χ1) is 7.69. The van der Waals surface area contributed by atoms with Crippen molar-refractivity contribution in [2.24, 2.45) is 0 Å². The summed E-state index contributed by atoms with van der Waals surface area (Å²) in [5.41, 5.74) is 0. The molecule has 0 aliphatic carbocycles. The molecule has 0 aromatic rings. The van der Waals surface area contributed by atoms with E-state index in [1.54, 1.807) is 7.11 Å². The molecule has 4 nitrogen and oxygen atoms in total. The molecule has 2 unspecified atom stereocenters. The summed E-state index contributed by atoms with van der Waals surface area (Å²) < 4.78 is 5.10. The summed E-state index contributed by atoms with van der Waals surface area (Å²) >= 11 is 0. The fraction of sp³-hybridized carbons (Fsp3) is 0.917. The van der Waals surface area contributed by atoms with Crippen LogP contribution in [-0.2, 0) is 9.53 Å². The van der Waals surface area contributed by atoms with Crippen LogP contribution in [0.3, 0.4) is 0 Å². The largest absolute Gasteiger partial charge is 0.383 e. The van der Waals surface area contributed by atoms with Crippen molar-refractivity contribution in [3.63, 3.8) is 0 Å². The van der Waals surface area contributed by atoms with E-state index in [1.807, 2.05) is 18.7 Å². The minimum absolute atomic E-state index is 0.170. The quantitative estimate of drug-likeness (QED) is 0.738. The maximum atomic E-state index is 12.1. The molecule has 2 atom stereocenters. The van der Waals surface area contributed by atoms with Gasteiger partial charge in [0.25, 0.3) is 0 Å². The molecule has 1 saturated heterocycles. The van der Waals surface area contributed by atoms with Crippen molar-refractivity contribution in [1.29, 1.82) is 0 Å². The molecule has 1 N–H and O–H groups in total. The maximum Gasteiger partial charge on any atom is 0.224 e. The second-order valence-electron chi connectivity index (χ2n) is 4.48. The average molecular weight is 228 g/mol. The van der Waals surface area contributed by atoms with Gasteiger partial charge in [-0.1, -0.05) is 0 Å². The molecule has 1 rings (SSSR count). The number of methoxy groups -OCH3 is 1. The topological polar surface area (TPSA) is 41.6 Å². The van der Waals surface area contributed by atoms with E-state index in [0.717, 1.165) is 19.5 Å². The Balaban J connectivity index is 2.41. The van der Waals surface area contributed by atoms with E-state index in [1.165, 1.54) is 6.42 Å². The van der Waals surface area contributed by atoms with Gasteiger partial charge in [0.05, 0.1) is 12.6 Å². The molecule has 94 valence electrons. The molecule has 4 heteroatoms. The fourth-order valence-electron chi connectivity index (χ4n) is 2.32. The van der Waals surface area contributed by atoms with E-state index >= 15 is 0 Å². The molecular formula is C12H24N2O2. The van der Waals surface area contributed by atoms with Gasteiger partial charge in [0.2, 0.25) is 5.91 Å². The lowest BCUT2D eigenvalue weighted by atomic mass is 10.1. The second-order valence-corrected chi connectivity index (χ2v) is 4.48. The first kappa shape index (κ1) is 13.5. The molecule has 1 heterocycles. The van der Waals surface area contributed by atoms with Gasteiger partial charge in [0, 0.05) is 26.1 Å². The third-order valence-corrected chi connectivity index (χ3v) is 3.18. The number of nitrogens with zero attached hydrogens (tertiary/aromatic N) is 1. The molecule has 1 aliphatic rings. The number of likely N-dealkylation sites (N-methyl/N-ethyl adjacent to an activating group) is 1. The Labute approximate surface area is 98.3 Å². The standard InChI is InChI=1S/C12H24N2O2/c1-4-14(10(2)9-16-3)12(15)8-11-6-5-7-13-11/h10-11,13H,4-9H2,1-3H3. The lowest BCUT2D eigenvalue weighted by molar-refractivity contribution is -0.134. The Hall–Kier alpha value is -0.610. The second kappa shape index (κ2) is 6.86. The fourth-order valence-corrected chi connectivity index (χ4v) is 2.32. The molecule has 1 fully saturated rings. The Morgan fingerprint density at radius 3 is 2.88 bits per heavy atom. The van der Waals surface area contributed by atoms with Crippen LogP contribution in [0.4, 0.5) is 0 Å². The minimum atomic E-state index is 0.170. The first-order valence-electron chi connectivity index (χ1n) is 6.20. The number of ether oxygens (including phenoxy) is 1. The van der Waals surface area contributed by atoms with Gasteiger partial charge in [-0.25, -0.2) is 0 Å². The molecule has 1 amide bonds. The number of nitrogens with one attached hydrogen (secondary N) is 1. The van der Waals surface area contributed by atoms with E-state index in [0.29, 0.717) is 19.1 Å². The Morgan fingerprint density at radius 2 is 2.38 bits per heavy atom. The van der Waals surface area contributed by atoms with Crippen LogP contribution in [-0.4, -0.2) is 49.7 Å². The highest BCUT2D eigenvalue weighted by molar-refractivity contribution is 5.77. The number of rotatable bonds is 6. The van der Waals surface area contributed by atoms with Crippen LogP contribution < -0.4 is 5.32 Å². The summed E-state index contributed by atoms with van der Waals surface area (Å²) in [5, 5.41) is 3.36. The van der Waals surface area contributed by atoms with Gasteiger partial charge in [-0.05, 0) is 33.2 Å². The van der Waals surface area contributed by atoms with Gasteiger partial charge >= 0.3 is 0 Å². The van der Waals surface area contributed by atoms with Gasteiger partial charge in [0.15, 0.2) is 0 Å². The van der Waals surface area contributed by atoms with Crippen LogP contribution in [0, 0.1) is 0 Å². The predicted octanol–water partition coefficient (Wildman–Crippen LogP) is 1.01. The molecular weight excluding hydrogens is 204 g/mol. The van der Waals surface area contributed by atoms with Crippen molar-refractivity contribution in [2.45, 2.75) is 45.2 Å². The normalized spacial score (nSPS) is 22.1. The number of hydrogen-bond donors (Lipinski definition) is 1. The van der Waals surface area contributed by atoms with Gasteiger partial charge < -0.3 is 15.0 Å². The third kappa shape index (κ3) is 3.76. The summed E-state index contributed by atoms with van der Waals surface area (Å²) in [7, 11) is 1.67. The number of carbonyl (C=O) groups is 1. The van der Waals surface area contributed by atoms with E-state index < -0.39 is 0 Å².